The highest BCUT2D eigenvalue weighted by Gasteiger charge is 2.05. The molecule has 0 aliphatic rings. The van der Waals surface area contributed by atoms with Crippen molar-refractivity contribution in [3.8, 4) is 11.5 Å². The van der Waals surface area contributed by atoms with Crippen molar-refractivity contribution in [1.29, 1.82) is 0 Å². The number of benzene rings is 1. The molecule has 1 aromatic rings. The largest absolute Gasteiger partial charge is 0.490 e. The van der Waals surface area contributed by atoms with E-state index in [1.54, 1.807) is 0 Å². The lowest BCUT2D eigenvalue weighted by Crippen LogP contribution is -2.04. The van der Waals surface area contributed by atoms with Gasteiger partial charge in [0.15, 0.2) is 11.5 Å². The van der Waals surface area contributed by atoms with Crippen molar-refractivity contribution >= 4 is 11.9 Å². The summed E-state index contributed by atoms with van der Waals surface area (Å²) >= 11 is 0. The smallest absolute Gasteiger partial charge is 0.303 e. The van der Waals surface area contributed by atoms with Crippen molar-refractivity contribution in [3.63, 3.8) is 0 Å². The molecular weight excluding hydrogens is 444 g/mol. The second-order valence-electron chi connectivity index (χ2n) is 9.44. The van der Waals surface area contributed by atoms with Crippen molar-refractivity contribution in [2.45, 2.75) is 122 Å². The third kappa shape index (κ3) is 19.7. The van der Waals surface area contributed by atoms with Gasteiger partial charge in [-0.3, -0.25) is 9.59 Å². The number of aliphatic carboxylic acids is 2. The Morgan fingerprint density at radius 1 is 0.486 bits per heavy atom. The number of hydrogen-bond acceptors (Lipinski definition) is 4. The van der Waals surface area contributed by atoms with Gasteiger partial charge in [0.1, 0.15) is 0 Å². The van der Waals surface area contributed by atoms with Gasteiger partial charge in [0.2, 0.25) is 0 Å². The molecule has 35 heavy (non-hydrogen) atoms. The van der Waals surface area contributed by atoms with E-state index in [0.29, 0.717) is 31.8 Å². The van der Waals surface area contributed by atoms with Crippen molar-refractivity contribution in [3.05, 3.63) is 24.3 Å². The number of para-hydroxylation sites is 2. The third-order valence-corrected chi connectivity index (χ3v) is 6.18. The summed E-state index contributed by atoms with van der Waals surface area (Å²) < 4.78 is 11.6. The average Bonchev–Trinajstić information content (AvgIpc) is 2.83. The van der Waals surface area contributed by atoms with Crippen molar-refractivity contribution < 1.29 is 29.3 Å². The van der Waals surface area contributed by atoms with Gasteiger partial charge < -0.3 is 19.7 Å². The normalized spacial score (nSPS) is 10.9. The zero-order valence-electron chi connectivity index (χ0n) is 21.7. The average molecular weight is 493 g/mol. The summed E-state index contributed by atoms with van der Waals surface area (Å²) in [6, 6.07) is 7.59. The van der Waals surface area contributed by atoms with E-state index in [4.69, 9.17) is 19.7 Å². The summed E-state index contributed by atoms with van der Waals surface area (Å²) in [6.07, 6.45) is 20.7. The SMILES string of the molecule is O=C(O)CCCCCCCCCCCCCCCCCCOc1ccccc1OCCCC(=O)O. The summed E-state index contributed by atoms with van der Waals surface area (Å²) in [4.78, 5) is 21.0. The van der Waals surface area contributed by atoms with Gasteiger partial charge >= 0.3 is 11.9 Å². The molecule has 0 aromatic heterocycles. The number of ether oxygens (including phenoxy) is 2. The van der Waals surface area contributed by atoms with Crippen LogP contribution in [0.15, 0.2) is 24.3 Å². The molecule has 1 rings (SSSR count). The highest BCUT2D eigenvalue weighted by molar-refractivity contribution is 5.66. The lowest BCUT2D eigenvalue weighted by Gasteiger charge is -2.12. The van der Waals surface area contributed by atoms with Gasteiger partial charge in [0.25, 0.3) is 0 Å². The molecule has 0 saturated carbocycles. The summed E-state index contributed by atoms with van der Waals surface area (Å²) in [5.41, 5.74) is 0. The number of hydrogen-bond donors (Lipinski definition) is 2. The van der Waals surface area contributed by atoms with E-state index in [0.717, 1.165) is 25.0 Å². The van der Waals surface area contributed by atoms with Gasteiger partial charge in [0.05, 0.1) is 13.2 Å². The van der Waals surface area contributed by atoms with Crippen LogP contribution in [0.3, 0.4) is 0 Å². The first kappa shape index (κ1) is 30.8. The molecule has 0 aliphatic carbocycles. The number of carboxylic acids is 2. The Bertz CT molecular complexity index is 660. The predicted molar refractivity (Wildman–Crippen MR) is 140 cm³/mol. The molecule has 0 amide bonds. The first-order valence-electron chi connectivity index (χ1n) is 13.9. The maximum Gasteiger partial charge on any atom is 0.303 e. The van der Waals surface area contributed by atoms with Gasteiger partial charge in [-0.1, -0.05) is 102 Å². The van der Waals surface area contributed by atoms with Crippen LogP contribution in [0, 0.1) is 0 Å². The molecule has 0 radical (unpaired) electrons. The van der Waals surface area contributed by atoms with Gasteiger partial charge in [-0.05, 0) is 31.4 Å². The molecule has 0 bridgehead atoms. The molecule has 0 heterocycles. The van der Waals surface area contributed by atoms with Crippen molar-refractivity contribution in [1.82, 2.24) is 0 Å². The van der Waals surface area contributed by atoms with Crippen LogP contribution in [0.5, 0.6) is 11.5 Å². The quantitative estimate of drug-likeness (QED) is 0.134. The second kappa shape index (κ2) is 22.2. The second-order valence-corrected chi connectivity index (χ2v) is 9.44. The fourth-order valence-electron chi connectivity index (χ4n) is 4.13. The summed E-state index contributed by atoms with van der Waals surface area (Å²) in [6.45, 7) is 1.06. The number of rotatable bonds is 25. The highest BCUT2D eigenvalue weighted by Crippen LogP contribution is 2.27. The molecule has 0 aliphatic heterocycles. The Balaban J connectivity index is 1.86. The van der Waals surface area contributed by atoms with E-state index in [-0.39, 0.29) is 6.42 Å². The van der Waals surface area contributed by atoms with E-state index >= 15 is 0 Å². The minimum absolute atomic E-state index is 0.114. The van der Waals surface area contributed by atoms with Gasteiger partial charge in [-0.25, -0.2) is 0 Å². The number of unbranched alkanes of at least 4 members (excludes halogenated alkanes) is 15. The molecule has 0 spiro atoms. The van der Waals surface area contributed by atoms with Crippen LogP contribution < -0.4 is 9.47 Å². The monoisotopic (exact) mass is 492 g/mol. The molecule has 2 N–H and O–H groups in total. The Kier molecular flexibility index (Phi) is 19.6. The highest BCUT2D eigenvalue weighted by atomic mass is 16.5. The lowest BCUT2D eigenvalue weighted by molar-refractivity contribution is -0.138. The first-order chi connectivity index (χ1) is 17.1. The zero-order chi connectivity index (χ0) is 25.4. The maximum absolute atomic E-state index is 10.6. The molecule has 0 atom stereocenters. The van der Waals surface area contributed by atoms with Crippen molar-refractivity contribution in [2.24, 2.45) is 0 Å². The Morgan fingerprint density at radius 2 is 0.800 bits per heavy atom. The summed E-state index contributed by atoms with van der Waals surface area (Å²) in [7, 11) is 0. The predicted octanol–water partition coefficient (Wildman–Crippen LogP) is 8.03. The van der Waals surface area contributed by atoms with Crippen LogP contribution in [0.2, 0.25) is 0 Å². The van der Waals surface area contributed by atoms with Crippen molar-refractivity contribution in [2.75, 3.05) is 13.2 Å². The molecule has 0 unspecified atom stereocenters. The molecular formula is C29H48O6. The van der Waals surface area contributed by atoms with Crippen LogP contribution in [-0.4, -0.2) is 35.4 Å². The molecule has 1 aromatic carbocycles. The van der Waals surface area contributed by atoms with E-state index < -0.39 is 11.9 Å². The molecule has 0 saturated heterocycles. The standard InChI is InChI=1S/C29H48O6/c30-28(31)22-15-13-11-9-7-5-3-1-2-4-6-8-10-12-14-18-24-34-26-20-16-17-21-27(26)35-25-19-23-29(32)33/h16-17,20-21H,1-15,18-19,22-25H2,(H,30,31)(H,32,33). The topological polar surface area (TPSA) is 93.1 Å². The summed E-state index contributed by atoms with van der Waals surface area (Å²) in [5, 5.41) is 17.3. The fraction of sp³-hybridized carbons (Fsp3) is 0.724. The van der Waals surface area contributed by atoms with E-state index in [1.807, 2.05) is 24.3 Å². The molecule has 6 nitrogen and oxygen atoms in total. The lowest BCUT2D eigenvalue weighted by atomic mass is 10.0. The Labute approximate surface area is 212 Å². The Hall–Kier alpha value is -2.24. The first-order valence-corrected chi connectivity index (χ1v) is 13.9. The minimum atomic E-state index is -0.802. The van der Waals surface area contributed by atoms with Crippen LogP contribution >= 0.6 is 0 Å². The van der Waals surface area contributed by atoms with Gasteiger partial charge in [-0.2, -0.15) is 0 Å². The number of carbonyl (C=O) groups is 2. The van der Waals surface area contributed by atoms with Crippen LogP contribution in [0.25, 0.3) is 0 Å². The van der Waals surface area contributed by atoms with E-state index in [1.165, 1.54) is 83.5 Å². The Morgan fingerprint density at radius 3 is 1.20 bits per heavy atom. The molecule has 6 heteroatoms. The minimum Gasteiger partial charge on any atom is -0.490 e. The van der Waals surface area contributed by atoms with E-state index in [9.17, 15) is 9.59 Å². The number of carboxylic acid groups (broad SMARTS) is 2. The van der Waals surface area contributed by atoms with Crippen LogP contribution in [-0.2, 0) is 9.59 Å². The third-order valence-electron chi connectivity index (χ3n) is 6.18. The fourth-order valence-corrected chi connectivity index (χ4v) is 4.13. The van der Waals surface area contributed by atoms with Gasteiger partial charge in [0, 0.05) is 12.8 Å². The molecule has 200 valence electrons. The molecule has 0 fully saturated rings. The zero-order valence-corrected chi connectivity index (χ0v) is 21.7. The van der Waals surface area contributed by atoms with Crippen LogP contribution in [0.1, 0.15) is 122 Å². The van der Waals surface area contributed by atoms with E-state index in [2.05, 4.69) is 0 Å². The summed E-state index contributed by atoms with van der Waals surface area (Å²) in [5.74, 6) is -0.0541. The van der Waals surface area contributed by atoms with Gasteiger partial charge in [-0.15, -0.1) is 0 Å². The van der Waals surface area contributed by atoms with Crippen LogP contribution in [0.4, 0.5) is 0 Å². The maximum atomic E-state index is 10.6.